The highest BCUT2D eigenvalue weighted by Crippen LogP contribution is 2.24. The van der Waals surface area contributed by atoms with Crippen LogP contribution in [0, 0.1) is 12.7 Å². The second kappa shape index (κ2) is 5.63. The zero-order valence-corrected chi connectivity index (χ0v) is 10.7. The first-order chi connectivity index (χ1) is 8.70. The van der Waals surface area contributed by atoms with Gasteiger partial charge in [-0.1, -0.05) is 18.6 Å². The Morgan fingerprint density at radius 3 is 2.83 bits per heavy atom. The number of anilines is 1. The SMILES string of the molecule is CCCNc1ccnc(-c2cc(C)ccc2F)c1. The highest BCUT2D eigenvalue weighted by molar-refractivity contribution is 5.65. The molecule has 0 bridgehead atoms. The molecule has 0 saturated heterocycles. The number of hydrogen-bond donors (Lipinski definition) is 1. The summed E-state index contributed by atoms with van der Waals surface area (Å²) >= 11 is 0. The van der Waals surface area contributed by atoms with Gasteiger partial charge in [0.1, 0.15) is 5.82 Å². The van der Waals surface area contributed by atoms with Gasteiger partial charge in [0, 0.05) is 24.0 Å². The maximum atomic E-state index is 13.8. The van der Waals surface area contributed by atoms with Crippen molar-refractivity contribution < 1.29 is 4.39 Å². The molecule has 2 rings (SSSR count). The third-order valence-electron chi connectivity index (χ3n) is 2.74. The molecule has 0 saturated carbocycles. The van der Waals surface area contributed by atoms with Gasteiger partial charge in [0.05, 0.1) is 5.69 Å². The maximum absolute atomic E-state index is 13.8. The Labute approximate surface area is 107 Å². The fraction of sp³-hybridized carbons (Fsp3) is 0.267. The van der Waals surface area contributed by atoms with Crippen molar-refractivity contribution in [1.29, 1.82) is 0 Å². The standard InChI is InChI=1S/C15H17FN2/c1-3-7-17-12-6-8-18-15(10-12)13-9-11(2)4-5-14(13)16/h4-6,8-10H,3,7H2,1-2H3,(H,17,18). The molecule has 1 heterocycles. The van der Waals surface area contributed by atoms with Crippen LogP contribution in [0.4, 0.5) is 10.1 Å². The van der Waals surface area contributed by atoms with Gasteiger partial charge in [0.2, 0.25) is 0 Å². The Morgan fingerprint density at radius 2 is 2.06 bits per heavy atom. The molecular formula is C15H17FN2. The first kappa shape index (κ1) is 12.6. The van der Waals surface area contributed by atoms with Crippen LogP contribution in [0.5, 0.6) is 0 Å². The summed E-state index contributed by atoms with van der Waals surface area (Å²) in [5, 5.41) is 3.28. The van der Waals surface area contributed by atoms with E-state index in [-0.39, 0.29) is 5.82 Å². The molecule has 1 aromatic carbocycles. The second-order valence-electron chi connectivity index (χ2n) is 4.34. The van der Waals surface area contributed by atoms with Crippen LogP contribution in [0.15, 0.2) is 36.5 Å². The largest absolute Gasteiger partial charge is 0.385 e. The van der Waals surface area contributed by atoms with Crippen LogP contribution in [0.1, 0.15) is 18.9 Å². The predicted octanol–water partition coefficient (Wildman–Crippen LogP) is 4.02. The number of hydrogen-bond acceptors (Lipinski definition) is 2. The number of benzene rings is 1. The van der Waals surface area contributed by atoms with Crippen LogP contribution < -0.4 is 5.32 Å². The number of nitrogens with one attached hydrogen (secondary N) is 1. The van der Waals surface area contributed by atoms with Crippen LogP contribution in [-0.2, 0) is 0 Å². The van der Waals surface area contributed by atoms with Gasteiger partial charge in [0.15, 0.2) is 0 Å². The fourth-order valence-corrected chi connectivity index (χ4v) is 1.79. The van der Waals surface area contributed by atoms with Gasteiger partial charge in [-0.15, -0.1) is 0 Å². The number of pyridine rings is 1. The van der Waals surface area contributed by atoms with Crippen molar-refractivity contribution in [1.82, 2.24) is 4.98 Å². The third kappa shape index (κ3) is 2.86. The third-order valence-corrected chi connectivity index (χ3v) is 2.74. The van der Waals surface area contributed by atoms with E-state index in [1.807, 2.05) is 25.1 Å². The van der Waals surface area contributed by atoms with E-state index in [4.69, 9.17) is 0 Å². The van der Waals surface area contributed by atoms with Gasteiger partial charge in [0.25, 0.3) is 0 Å². The van der Waals surface area contributed by atoms with Crippen LogP contribution >= 0.6 is 0 Å². The van der Waals surface area contributed by atoms with E-state index >= 15 is 0 Å². The minimum absolute atomic E-state index is 0.235. The molecule has 1 N–H and O–H groups in total. The lowest BCUT2D eigenvalue weighted by Crippen LogP contribution is -2.00. The van der Waals surface area contributed by atoms with Gasteiger partial charge >= 0.3 is 0 Å². The van der Waals surface area contributed by atoms with Crippen molar-refractivity contribution in [2.24, 2.45) is 0 Å². The van der Waals surface area contributed by atoms with Gasteiger partial charge in [-0.05, 0) is 37.6 Å². The molecule has 2 nitrogen and oxygen atoms in total. The smallest absolute Gasteiger partial charge is 0.132 e. The molecule has 94 valence electrons. The van der Waals surface area contributed by atoms with Crippen LogP contribution in [-0.4, -0.2) is 11.5 Å². The summed E-state index contributed by atoms with van der Waals surface area (Å²) in [4.78, 5) is 4.24. The Hall–Kier alpha value is -1.90. The Kier molecular flexibility index (Phi) is 3.92. The van der Waals surface area contributed by atoms with Gasteiger partial charge in [-0.25, -0.2) is 4.39 Å². The van der Waals surface area contributed by atoms with E-state index in [0.29, 0.717) is 11.3 Å². The summed E-state index contributed by atoms with van der Waals surface area (Å²) in [6.07, 6.45) is 2.76. The molecule has 0 atom stereocenters. The van der Waals surface area contributed by atoms with Gasteiger partial charge < -0.3 is 5.32 Å². The van der Waals surface area contributed by atoms with Crippen LogP contribution in [0.25, 0.3) is 11.3 Å². The van der Waals surface area contributed by atoms with Crippen LogP contribution in [0.3, 0.4) is 0 Å². The van der Waals surface area contributed by atoms with Crippen LogP contribution in [0.2, 0.25) is 0 Å². The lowest BCUT2D eigenvalue weighted by molar-refractivity contribution is 0.630. The Balaban J connectivity index is 2.35. The van der Waals surface area contributed by atoms with Crippen molar-refractivity contribution >= 4 is 5.69 Å². The predicted molar refractivity (Wildman–Crippen MR) is 73.1 cm³/mol. The molecule has 0 unspecified atom stereocenters. The van der Waals surface area contributed by atoms with E-state index in [2.05, 4.69) is 17.2 Å². The second-order valence-corrected chi connectivity index (χ2v) is 4.34. The molecule has 0 radical (unpaired) electrons. The molecule has 18 heavy (non-hydrogen) atoms. The number of rotatable bonds is 4. The van der Waals surface area contributed by atoms with E-state index in [1.165, 1.54) is 6.07 Å². The topological polar surface area (TPSA) is 24.9 Å². The molecule has 0 aliphatic heterocycles. The lowest BCUT2D eigenvalue weighted by atomic mass is 10.1. The summed E-state index contributed by atoms with van der Waals surface area (Å²) in [6, 6.07) is 8.85. The molecule has 0 fully saturated rings. The Bertz CT molecular complexity index is 538. The molecule has 0 amide bonds. The number of nitrogens with zero attached hydrogens (tertiary/aromatic N) is 1. The lowest BCUT2D eigenvalue weighted by Gasteiger charge is -2.08. The average molecular weight is 244 g/mol. The minimum atomic E-state index is -0.235. The van der Waals surface area contributed by atoms with E-state index in [1.54, 1.807) is 12.3 Å². The van der Waals surface area contributed by atoms with Crippen molar-refractivity contribution in [3.8, 4) is 11.3 Å². The summed E-state index contributed by atoms with van der Waals surface area (Å²) in [5.74, 6) is -0.235. The summed E-state index contributed by atoms with van der Waals surface area (Å²) in [7, 11) is 0. The summed E-state index contributed by atoms with van der Waals surface area (Å²) in [6.45, 7) is 4.96. The molecular weight excluding hydrogens is 227 g/mol. The quantitative estimate of drug-likeness (QED) is 0.878. The van der Waals surface area contributed by atoms with Crippen molar-refractivity contribution in [3.63, 3.8) is 0 Å². The van der Waals surface area contributed by atoms with Crippen molar-refractivity contribution in [3.05, 3.63) is 47.9 Å². The molecule has 3 heteroatoms. The average Bonchev–Trinajstić information content (AvgIpc) is 2.39. The van der Waals surface area contributed by atoms with E-state index in [9.17, 15) is 4.39 Å². The summed E-state index contributed by atoms with van der Waals surface area (Å²) in [5.41, 5.74) is 3.22. The highest BCUT2D eigenvalue weighted by atomic mass is 19.1. The first-order valence-corrected chi connectivity index (χ1v) is 6.17. The first-order valence-electron chi connectivity index (χ1n) is 6.17. The fourth-order valence-electron chi connectivity index (χ4n) is 1.79. The minimum Gasteiger partial charge on any atom is -0.385 e. The number of aryl methyl sites for hydroxylation is 1. The number of halogens is 1. The Morgan fingerprint density at radius 1 is 1.22 bits per heavy atom. The summed E-state index contributed by atoms with van der Waals surface area (Å²) < 4.78 is 13.8. The van der Waals surface area contributed by atoms with E-state index in [0.717, 1.165) is 24.2 Å². The van der Waals surface area contributed by atoms with Crippen molar-refractivity contribution in [2.45, 2.75) is 20.3 Å². The van der Waals surface area contributed by atoms with E-state index < -0.39 is 0 Å². The van der Waals surface area contributed by atoms with Gasteiger partial charge in [-0.3, -0.25) is 4.98 Å². The zero-order valence-electron chi connectivity index (χ0n) is 10.7. The molecule has 0 aliphatic rings. The normalized spacial score (nSPS) is 10.4. The molecule has 2 aromatic rings. The monoisotopic (exact) mass is 244 g/mol. The van der Waals surface area contributed by atoms with Gasteiger partial charge in [-0.2, -0.15) is 0 Å². The maximum Gasteiger partial charge on any atom is 0.132 e. The highest BCUT2D eigenvalue weighted by Gasteiger charge is 2.07. The molecule has 0 spiro atoms. The molecule has 0 aliphatic carbocycles. The molecule has 1 aromatic heterocycles. The van der Waals surface area contributed by atoms with Crippen molar-refractivity contribution in [2.75, 3.05) is 11.9 Å². The number of aromatic nitrogens is 1. The zero-order chi connectivity index (χ0) is 13.0.